The van der Waals surface area contributed by atoms with Gasteiger partial charge in [0.15, 0.2) is 0 Å². The van der Waals surface area contributed by atoms with Crippen molar-refractivity contribution in [2.24, 2.45) is 0 Å². The van der Waals surface area contributed by atoms with Gasteiger partial charge in [0.25, 0.3) is 0 Å². The molecule has 0 radical (unpaired) electrons. The zero-order valence-electron chi connectivity index (χ0n) is 9.64. The lowest BCUT2D eigenvalue weighted by molar-refractivity contribution is 1.17. The van der Waals surface area contributed by atoms with Crippen LogP contribution >= 0.6 is 75.1 Å². The van der Waals surface area contributed by atoms with Gasteiger partial charge >= 0.3 is 5.69 Å². The SMILES string of the molecule is O=c1[nH]c2cc(Br)c(C(Br)c3cc(Br)sc3Br)cc2[nH]1. The van der Waals surface area contributed by atoms with E-state index < -0.39 is 0 Å². The van der Waals surface area contributed by atoms with Crippen LogP contribution in [0.4, 0.5) is 0 Å². The maximum absolute atomic E-state index is 11.4. The van der Waals surface area contributed by atoms with E-state index in [1.165, 1.54) is 0 Å². The molecule has 3 rings (SSSR count). The van der Waals surface area contributed by atoms with Gasteiger partial charge in [-0.2, -0.15) is 0 Å². The molecule has 2 N–H and O–H groups in total. The van der Waals surface area contributed by atoms with Crippen LogP contribution < -0.4 is 5.69 Å². The minimum Gasteiger partial charge on any atom is -0.306 e. The van der Waals surface area contributed by atoms with Gasteiger partial charge in [0, 0.05) is 4.47 Å². The highest BCUT2D eigenvalue weighted by Gasteiger charge is 2.19. The second-order valence-corrected chi connectivity index (χ2v) is 9.66. The van der Waals surface area contributed by atoms with Crippen LogP contribution in [0.3, 0.4) is 0 Å². The van der Waals surface area contributed by atoms with Crippen molar-refractivity contribution < 1.29 is 0 Å². The van der Waals surface area contributed by atoms with Crippen LogP contribution in [0, 0.1) is 0 Å². The molecule has 3 aromatic rings. The number of aromatic nitrogens is 2. The fourth-order valence-electron chi connectivity index (χ4n) is 1.96. The molecule has 0 spiro atoms. The molecule has 8 heteroatoms. The Balaban J connectivity index is 2.15. The molecule has 1 aromatic carbocycles. The van der Waals surface area contributed by atoms with E-state index >= 15 is 0 Å². The van der Waals surface area contributed by atoms with E-state index in [-0.39, 0.29) is 10.5 Å². The Labute approximate surface area is 151 Å². The molecule has 0 amide bonds. The summed E-state index contributed by atoms with van der Waals surface area (Å²) in [5, 5.41) is 0. The van der Waals surface area contributed by atoms with Crippen molar-refractivity contribution in [3.63, 3.8) is 0 Å². The summed E-state index contributed by atoms with van der Waals surface area (Å²) in [5.74, 6) is 0. The highest BCUT2D eigenvalue weighted by Crippen LogP contribution is 2.44. The van der Waals surface area contributed by atoms with Crippen molar-refractivity contribution in [1.82, 2.24) is 9.97 Å². The third kappa shape index (κ3) is 2.72. The summed E-state index contributed by atoms with van der Waals surface area (Å²) in [6.45, 7) is 0. The first-order chi connectivity index (χ1) is 9.45. The molecule has 0 aliphatic rings. The number of H-pyrrole nitrogens is 2. The minimum atomic E-state index is -0.199. The molecular weight excluding hydrogens is 540 g/mol. The Hall–Kier alpha value is 0.110. The molecule has 104 valence electrons. The number of alkyl halides is 1. The van der Waals surface area contributed by atoms with Gasteiger partial charge in [-0.25, -0.2) is 4.79 Å². The average molecular weight is 546 g/mol. The normalized spacial score (nSPS) is 13.0. The number of hydrogen-bond donors (Lipinski definition) is 2. The third-order valence-electron chi connectivity index (χ3n) is 2.86. The van der Waals surface area contributed by atoms with Crippen LogP contribution in [0.1, 0.15) is 16.0 Å². The number of nitrogens with one attached hydrogen (secondary N) is 2. The summed E-state index contributed by atoms with van der Waals surface area (Å²) < 4.78 is 3.08. The van der Waals surface area contributed by atoms with Gasteiger partial charge in [0.1, 0.15) is 0 Å². The molecule has 0 saturated heterocycles. The first kappa shape index (κ1) is 15.0. The Kier molecular flexibility index (Phi) is 4.29. The van der Waals surface area contributed by atoms with Crippen molar-refractivity contribution in [3.05, 3.63) is 51.9 Å². The number of aromatic amines is 2. The number of thiophene rings is 1. The molecule has 0 aliphatic carbocycles. The van der Waals surface area contributed by atoms with Crippen LogP contribution in [-0.4, -0.2) is 9.97 Å². The van der Waals surface area contributed by atoms with Gasteiger partial charge in [0.2, 0.25) is 0 Å². The molecular formula is C12H6Br4N2OS. The number of fused-ring (bicyclic) bond motifs is 1. The number of halogens is 4. The second-order valence-electron chi connectivity index (χ2n) is 4.14. The summed E-state index contributed by atoms with van der Waals surface area (Å²) in [6, 6.07) is 5.95. The summed E-state index contributed by atoms with van der Waals surface area (Å²) >= 11 is 16.0. The van der Waals surface area contributed by atoms with E-state index in [2.05, 4.69) is 79.8 Å². The maximum atomic E-state index is 11.4. The molecule has 0 fully saturated rings. The Morgan fingerprint density at radius 2 is 1.65 bits per heavy atom. The lowest BCUT2D eigenvalue weighted by Crippen LogP contribution is -1.99. The van der Waals surface area contributed by atoms with Gasteiger partial charge in [-0.05, 0) is 61.2 Å². The molecule has 2 heterocycles. The first-order valence-corrected chi connectivity index (χ1v) is 9.57. The molecule has 1 atom stereocenters. The van der Waals surface area contributed by atoms with Crippen molar-refractivity contribution >= 4 is 86.1 Å². The van der Waals surface area contributed by atoms with Gasteiger partial charge in [-0.15, -0.1) is 11.3 Å². The fraction of sp³-hybridized carbons (Fsp3) is 0.0833. The molecule has 0 aliphatic heterocycles. The van der Waals surface area contributed by atoms with Crippen molar-refractivity contribution in [3.8, 4) is 0 Å². The van der Waals surface area contributed by atoms with Crippen LogP contribution in [0.25, 0.3) is 11.0 Å². The third-order valence-corrected chi connectivity index (χ3v) is 6.92. The van der Waals surface area contributed by atoms with Gasteiger partial charge in [-0.1, -0.05) is 31.9 Å². The molecule has 20 heavy (non-hydrogen) atoms. The van der Waals surface area contributed by atoms with E-state index in [0.29, 0.717) is 0 Å². The number of imidazole rings is 1. The highest BCUT2D eigenvalue weighted by molar-refractivity contribution is 9.12. The highest BCUT2D eigenvalue weighted by atomic mass is 79.9. The smallest absolute Gasteiger partial charge is 0.306 e. The van der Waals surface area contributed by atoms with E-state index in [9.17, 15) is 4.79 Å². The molecule has 0 saturated carbocycles. The Morgan fingerprint density at radius 1 is 1.00 bits per heavy atom. The summed E-state index contributed by atoms with van der Waals surface area (Å²) in [6.07, 6.45) is 0. The lowest BCUT2D eigenvalue weighted by Gasteiger charge is -2.12. The van der Waals surface area contributed by atoms with Crippen LogP contribution in [0.15, 0.2) is 35.0 Å². The number of rotatable bonds is 2. The topological polar surface area (TPSA) is 48.6 Å². The average Bonchev–Trinajstić information content (AvgIpc) is 2.88. The van der Waals surface area contributed by atoms with Crippen molar-refractivity contribution in [2.45, 2.75) is 4.83 Å². The minimum absolute atomic E-state index is 0.0246. The first-order valence-electron chi connectivity index (χ1n) is 5.46. The second kappa shape index (κ2) is 5.72. The van der Waals surface area contributed by atoms with Crippen molar-refractivity contribution in [1.29, 1.82) is 0 Å². The molecule has 2 aromatic heterocycles. The summed E-state index contributed by atoms with van der Waals surface area (Å²) in [4.78, 5) is 16.9. The maximum Gasteiger partial charge on any atom is 0.323 e. The van der Waals surface area contributed by atoms with Crippen LogP contribution in [0.5, 0.6) is 0 Å². The standard InChI is InChI=1S/C12H6Br4N2OS/c13-6-3-8-7(17-12(19)18-8)1-4(6)10(15)5-2-9(14)20-11(5)16/h1-3,10H,(H2,17,18,19). The quantitative estimate of drug-likeness (QED) is 0.400. The molecule has 0 bridgehead atoms. The van der Waals surface area contributed by atoms with Crippen LogP contribution in [0.2, 0.25) is 0 Å². The van der Waals surface area contributed by atoms with E-state index in [4.69, 9.17) is 0 Å². The predicted octanol–water partition coefficient (Wildman–Crippen LogP) is 5.69. The van der Waals surface area contributed by atoms with Crippen molar-refractivity contribution in [2.75, 3.05) is 0 Å². The molecule has 1 unspecified atom stereocenters. The van der Waals surface area contributed by atoms with E-state index in [1.54, 1.807) is 11.3 Å². The van der Waals surface area contributed by atoms with Gasteiger partial charge in [0.05, 0.1) is 23.4 Å². The Morgan fingerprint density at radius 3 is 2.25 bits per heavy atom. The van der Waals surface area contributed by atoms with E-state index in [0.717, 1.165) is 34.2 Å². The Bertz CT molecular complexity index is 851. The van der Waals surface area contributed by atoms with Gasteiger partial charge in [-0.3, -0.25) is 0 Å². The number of hydrogen-bond acceptors (Lipinski definition) is 2. The summed E-state index contributed by atoms with van der Waals surface area (Å²) in [7, 11) is 0. The molecule has 3 nitrogen and oxygen atoms in total. The van der Waals surface area contributed by atoms with Gasteiger partial charge < -0.3 is 9.97 Å². The lowest BCUT2D eigenvalue weighted by atomic mass is 10.1. The zero-order valence-corrected chi connectivity index (χ0v) is 16.8. The largest absolute Gasteiger partial charge is 0.323 e. The summed E-state index contributed by atoms with van der Waals surface area (Å²) in [5.41, 5.74) is 3.58. The zero-order chi connectivity index (χ0) is 14.4. The van der Waals surface area contributed by atoms with Crippen LogP contribution in [-0.2, 0) is 0 Å². The fourth-order valence-corrected chi connectivity index (χ4v) is 6.94. The monoisotopic (exact) mass is 542 g/mol. The number of benzene rings is 1. The predicted molar refractivity (Wildman–Crippen MR) is 97.1 cm³/mol. The van der Waals surface area contributed by atoms with E-state index in [1.807, 2.05) is 12.1 Å².